The molecule has 0 unspecified atom stereocenters. The predicted octanol–water partition coefficient (Wildman–Crippen LogP) is 5.59. The van der Waals surface area contributed by atoms with Crippen LogP contribution in [0.1, 0.15) is 46.8 Å². The second kappa shape index (κ2) is 9.09. The largest absolute Gasteiger partial charge is 0.483 e. The van der Waals surface area contributed by atoms with E-state index in [0.29, 0.717) is 28.6 Å². The minimum atomic E-state index is -0.253. The van der Waals surface area contributed by atoms with Crippen LogP contribution >= 0.6 is 11.6 Å². The van der Waals surface area contributed by atoms with Crippen molar-refractivity contribution >= 4 is 34.8 Å². The maximum atomic E-state index is 12.6. The molecule has 1 aromatic heterocycles. The first-order valence-corrected chi connectivity index (χ1v) is 10.9. The van der Waals surface area contributed by atoms with E-state index in [-0.39, 0.29) is 24.3 Å². The van der Waals surface area contributed by atoms with Gasteiger partial charge in [-0.25, -0.2) is 0 Å². The molecule has 6 nitrogen and oxygen atoms in total. The molecule has 2 amide bonds. The van der Waals surface area contributed by atoms with E-state index in [9.17, 15) is 9.59 Å². The highest BCUT2D eigenvalue weighted by molar-refractivity contribution is 6.31. The highest BCUT2D eigenvalue weighted by Gasteiger charge is 2.26. The number of fused-ring (bicyclic) bond motifs is 1. The lowest BCUT2D eigenvalue weighted by atomic mass is 10.0. The summed E-state index contributed by atoms with van der Waals surface area (Å²) in [6, 6.07) is 11.0. The van der Waals surface area contributed by atoms with Gasteiger partial charge in [0.15, 0.2) is 6.61 Å². The van der Waals surface area contributed by atoms with Crippen molar-refractivity contribution in [3.05, 3.63) is 76.2 Å². The van der Waals surface area contributed by atoms with Crippen molar-refractivity contribution in [2.24, 2.45) is 0 Å². The van der Waals surface area contributed by atoms with Crippen LogP contribution in [0.5, 0.6) is 5.75 Å². The lowest BCUT2D eigenvalue weighted by Crippen LogP contribution is -2.28. The van der Waals surface area contributed by atoms with Crippen LogP contribution in [-0.4, -0.2) is 25.0 Å². The van der Waals surface area contributed by atoms with Crippen LogP contribution in [0.2, 0.25) is 5.02 Å². The number of carbonyl (C=O) groups is 2. The summed E-state index contributed by atoms with van der Waals surface area (Å²) in [5.41, 5.74) is 4.92. The Bertz CT molecular complexity index is 1150. The topological polar surface area (TPSA) is 71.8 Å². The Morgan fingerprint density at radius 2 is 2.03 bits per heavy atom. The maximum absolute atomic E-state index is 12.6. The number of amides is 2. The first-order chi connectivity index (χ1) is 15.3. The number of nitrogens with one attached hydrogen (secondary N) is 1. The molecule has 2 aromatic carbocycles. The normalized spacial score (nSPS) is 12.7. The van der Waals surface area contributed by atoms with Gasteiger partial charge < -0.3 is 19.4 Å². The third-order valence-corrected chi connectivity index (χ3v) is 5.95. The van der Waals surface area contributed by atoms with E-state index in [2.05, 4.69) is 19.2 Å². The minimum absolute atomic E-state index is 0.0955. The van der Waals surface area contributed by atoms with Gasteiger partial charge >= 0.3 is 0 Å². The van der Waals surface area contributed by atoms with E-state index < -0.39 is 0 Å². The molecule has 0 radical (unpaired) electrons. The van der Waals surface area contributed by atoms with Gasteiger partial charge in [-0.3, -0.25) is 9.59 Å². The molecule has 0 saturated carbocycles. The molecule has 4 rings (SSSR count). The zero-order chi connectivity index (χ0) is 22.8. The van der Waals surface area contributed by atoms with Crippen molar-refractivity contribution in [2.75, 3.05) is 23.4 Å². The van der Waals surface area contributed by atoms with Crippen LogP contribution in [0.3, 0.4) is 0 Å². The van der Waals surface area contributed by atoms with Crippen LogP contribution in [0.25, 0.3) is 0 Å². The summed E-state index contributed by atoms with van der Waals surface area (Å²) in [5.74, 6) is 0.536. The second-order valence-corrected chi connectivity index (χ2v) is 8.60. The molecule has 32 heavy (non-hydrogen) atoms. The van der Waals surface area contributed by atoms with Crippen LogP contribution in [0.4, 0.5) is 11.4 Å². The summed E-state index contributed by atoms with van der Waals surface area (Å²) in [7, 11) is 0. The number of halogens is 1. The van der Waals surface area contributed by atoms with E-state index >= 15 is 0 Å². The van der Waals surface area contributed by atoms with Gasteiger partial charge in [0, 0.05) is 22.9 Å². The Kier molecular flexibility index (Phi) is 6.24. The van der Waals surface area contributed by atoms with E-state index in [0.717, 1.165) is 28.8 Å². The Hall–Kier alpha value is -3.25. The number of benzene rings is 2. The average Bonchev–Trinajstić information content (AvgIpc) is 3.43. The maximum Gasteiger partial charge on any atom is 0.262 e. The number of aryl methyl sites for hydroxylation is 1. The zero-order valence-corrected chi connectivity index (χ0v) is 19.0. The average molecular weight is 453 g/mol. The van der Waals surface area contributed by atoms with Crippen LogP contribution in [-0.2, 0) is 11.2 Å². The molecule has 0 atom stereocenters. The first-order valence-electron chi connectivity index (χ1n) is 10.5. The second-order valence-electron chi connectivity index (χ2n) is 8.19. The molecule has 1 N–H and O–H groups in total. The molecule has 1 aliphatic rings. The fourth-order valence-corrected chi connectivity index (χ4v) is 3.99. The standard InChI is InChI=1S/C25H25ClN2O4/c1-15(2)20-12-21(26)16(3)10-23(20)32-14-24(29)27-19-4-5-22-17(11-19)6-8-28(22)25(30)18-7-9-31-13-18/h4-5,7,9-13,15H,6,8,14H2,1-3H3,(H,27,29). The minimum Gasteiger partial charge on any atom is -0.483 e. The van der Waals surface area contributed by atoms with Gasteiger partial charge in [-0.15, -0.1) is 0 Å². The van der Waals surface area contributed by atoms with E-state index in [4.69, 9.17) is 20.8 Å². The van der Waals surface area contributed by atoms with Gasteiger partial charge in [0.1, 0.15) is 12.0 Å². The highest BCUT2D eigenvalue weighted by atomic mass is 35.5. The number of ether oxygens (including phenoxy) is 1. The van der Waals surface area contributed by atoms with Gasteiger partial charge in [0.05, 0.1) is 11.8 Å². The summed E-state index contributed by atoms with van der Waals surface area (Å²) in [6.07, 6.45) is 3.66. The molecule has 0 aliphatic carbocycles. The Balaban J connectivity index is 1.41. The number of rotatable bonds is 6. The molecular weight excluding hydrogens is 428 g/mol. The number of hydrogen-bond acceptors (Lipinski definition) is 4. The highest BCUT2D eigenvalue weighted by Crippen LogP contribution is 2.33. The predicted molar refractivity (Wildman–Crippen MR) is 125 cm³/mol. The zero-order valence-electron chi connectivity index (χ0n) is 18.3. The Morgan fingerprint density at radius 1 is 1.22 bits per heavy atom. The van der Waals surface area contributed by atoms with Gasteiger partial charge in [-0.1, -0.05) is 25.4 Å². The fourth-order valence-electron chi connectivity index (χ4n) is 3.82. The molecule has 166 valence electrons. The van der Waals surface area contributed by atoms with E-state index in [1.54, 1.807) is 17.0 Å². The van der Waals surface area contributed by atoms with Crippen molar-refractivity contribution in [3.8, 4) is 5.75 Å². The van der Waals surface area contributed by atoms with Crippen molar-refractivity contribution in [2.45, 2.75) is 33.1 Å². The van der Waals surface area contributed by atoms with E-state index in [1.807, 2.05) is 31.2 Å². The number of hydrogen-bond donors (Lipinski definition) is 1. The molecule has 1 aliphatic heterocycles. The summed E-state index contributed by atoms with van der Waals surface area (Å²) in [4.78, 5) is 26.9. The molecule has 0 saturated heterocycles. The first kappa shape index (κ1) is 22.0. The van der Waals surface area contributed by atoms with E-state index in [1.165, 1.54) is 12.5 Å². The third-order valence-electron chi connectivity index (χ3n) is 5.54. The molecule has 7 heteroatoms. The monoisotopic (exact) mass is 452 g/mol. The lowest BCUT2D eigenvalue weighted by molar-refractivity contribution is -0.118. The molecule has 0 spiro atoms. The molecule has 0 fully saturated rings. The summed E-state index contributed by atoms with van der Waals surface area (Å²) in [5, 5.41) is 3.56. The van der Waals surface area contributed by atoms with Crippen molar-refractivity contribution < 1.29 is 18.7 Å². The summed E-state index contributed by atoms with van der Waals surface area (Å²) < 4.78 is 10.8. The van der Waals surface area contributed by atoms with Crippen molar-refractivity contribution in [1.82, 2.24) is 0 Å². The SMILES string of the molecule is Cc1cc(OCC(=O)Nc2ccc3c(c2)CCN3C(=O)c2ccoc2)c(C(C)C)cc1Cl. The molecular formula is C25H25ClN2O4. The lowest BCUT2D eigenvalue weighted by Gasteiger charge is -2.17. The van der Waals surface area contributed by atoms with Gasteiger partial charge in [-0.05, 0) is 72.4 Å². The number of nitrogens with zero attached hydrogens (tertiary/aromatic N) is 1. The molecule has 0 bridgehead atoms. The van der Waals surface area contributed by atoms with Crippen LogP contribution in [0, 0.1) is 6.92 Å². The quantitative estimate of drug-likeness (QED) is 0.529. The summed E-state index contributed by atoms with van der Waals surface area (Å²) >= 11 is 6.24. The number of anilines is 2. The number of carbonyl (C=O) groups excluding carboxylic acids is 2. The fraction of sp³-hybridized carbons (Fsp3) is 0.280. The van der Waals surface area contributed by atoms with Crippen LogP contribution < -0.4 is 15.0 Å². The van der Waals surface area contributed by atoms with Crippen molar-refractivity contribution in [3.63, 3.8) is 0 Å². The Morgan fingerprint density at radius 3 is 2.75 bits per heavy atom. The van der Waals surface area contributed by atoms with Gasteiger partial charge in [0.25, 0.3) is 11.8 Å². The molecule has 3 aromatic rings. The third kappa shape index (κ3) is 4.50. The Labute approximate surface area is 192 Å². The summed E-state index contributed by atoms with van der Waals surface area (Å²) in [6.45, 7) is 6.50. The van der Waals surface area contributed by atoms with Gasteiger partial charge in [-0.2, -0.15) is 0 Å². The van der Waals surface area contributed by atoms with Crippen molar-refractivity contribution in [1.29, 1.82) is 0 Å². The number of furan rings is 1. The smallest absolute Gasteiger partial charge is 0.262 e. The van der Waals surface area contributed by atoms with Gasteiger partial charge in [0.2, 0.25) is 0 Å². The van der Waals surface area contributed by atoms with Crippen LogP contribution in [0.15, 0.2) is 53.3 Å². The molecule has 2 heterocycles.